The van der Waals surface area contributed by atoms with Crippen LogP contribution in [-0.2, 0) is 11.4 Å². The fourth-order valence-electron chi connectivity index (χ4n) is 4.60. The molecule has 2 fully saturated rings. The van der Waals surface area contributed by atoms with Crippen LogP contribution in [0.25, 0.3) is 0 Å². The Morgan fingerprint density at radius 2 is 1.76 bits per heavy atom. The van der Waals surface area contributed by atoms with E-state index in [4.69, 9.17) is 4.74 Å². The number of nitrogens with zero attached hydrogens (tertiary/aromatic N) is 2. The lowest BCUT2D eigenvalue weighted by Crippen LogP contribution is -2.39. The SMILES string of the molecule is CN1C[C@@H]2C[C@H](N(C)C(=O)c3ccc(COc4ccccc4)cc3)C[C@@H]2CC1=O. The summed E-state index contributed by atoms with van der Waals surface area (Å²) in [5, 5.41) is 0. The molecule has 3 atom stereocenters. The molecule has 1 saturated carbocycles. The van der Waals surface area contributed by atoms with Gasteiger partial charge in [0.2, 0.25) is 5.91 Å². The van der Waals surface area contributed by atoms with Crippen molar-refractivity contribution in [1.82, 2.24) is 9.80 Å². The molecular formula is C24H28N2O3. The van der Waals surface area contributed by atoms with E-state index >= 15 is 0 Å². The standard InChI is InChI=1S/C24H28N2O3/c1-25-15-20-13-21(12-19(20)14-23(25)27)26(2)24(28)18-10-8-17(9-11-18)16-29-22-6-4-3-5-7-22/h3-11,19-21H,12-16H2,1-2H3/t19-,20+,21-/m1/s1. The number of hydrogen-bond acceptors (Lipinski definition) is 3. The minimum Gasteiger partial charge on any atom is -0.489 e. The van der Waals surface area contributed by atoms with Crippen molar-refractivity contribution in [2.45, 2.75) is 31.9 Å². The van der Waals surface area contributed by atoms with E-state index in [0.29, 0.717) is 30.4 Å². The summed E-state index contributed by atoms with van der Waals surface area (Å²) in [6.45, 7) is 1.29. The van der Waals surface area contributed by atoms with Gasteiger partial charge >= 0.3 is 0 Å². The Hall–Kier alpha value is -2.82. The van der Waals surface area contributed by atoms with E-state index < -0.39 is 0 Å². The van der Waals surface area contributed by atoms with Crippen LogP contribution in [-0.4, -0.2) is 48.3 Å². The molecule has 1 saturated heterocycles. The third-order valence-corrected chi connectivity index (χ3v) is 6.40. The summed E-state index contributed by atoms with van der Waals surface area (Å²) in [5.41, 5.74) is 1.72. The number of rotatable bonds is 5. The van der Waals surface area contributed by atoms with Crippen molar-refractivity contribution in [2.75, 3.05) is 20.6 Å². The predicted octanol–water partition coefficient (Wildman–Crippen LogP) is 3.59. The highest BCUT2D eigenvalue weighted by Crippen LogP contribution is 2.40. The van der Waals surface area contributed by atoms with Crippen LogP contribution in [0.3, 0.4) is 0 Å². The molecule has 29 heavy (non-hydrogen) atoms. The molecule has 0 spiro atoms. The van der Waals surface area contributed by atoms with Gasteiger partial charge < -0.3 is 14.5 Å². The summed E-state index contributed by atoms with van der Waals surface area (Å²) < 4.78 is 5.77. The fraction of sp³-hybridized carbons (Fsp3) is 0.417. The Morgan fingerprint density at radius 3 is 2.48 bits per heavy atom. The van der Waals surface area contributed by atoms with Gasteiger partial charge in [0.15, 0.2) is 0 Å². The number of amides is 2. The molecule has 5 nitrogen and oxygen atoms in total. The van der Waals surface area contributed by atoms with Gasteiger partial charge in [-0.15, -0.1) is 0 Å². The van der Waals surface area contributed by atoms with Crippen molar-refractivity contribution in [3.63, 3.8) is 0 Å². The Balaban J connectivity index is 1.35. The average Bonchev–Trinajstić information content (AvgIpc) is 3.15. The Morgan fingerprint density at radius 1 is 1.07 bits per heavy atom. The molecule has 2 aliphatic rings. The first kappa shape index (κ1) is 19.5. The molecule has 2 aromatic carbocycles. The zero-order valence-corrected chi connectivity index (χ0v) is 17.1. The summed E-state index contributed by atoms with van der Waals surface area (Å²) in [6.07, 6.45) is 2.53. The molecule has 1 aliphatic heterocycles. The maximum absolute atomic E-state index is 13.0. The van der Waals surface area contributed by atoms with Crippen molar-refractivity contribution >= 4 is 11.8 Å². The molecular weight excluding hydrogens is 364 g/mol. The van der Waals surface area contributed by atoms with Gasteiger partial charge in [-0.25, -0.2) is 0 Å². The monoisotopic (exact) mass is 392 g/mol. The van der Waals surface area contributed by atoms with Crippen molar-refractivity contribution in [1.29, 1.82) is 0 Å². The maximum atomic E-state index is 13.0. The largest absolute Gasteiger partial charge is 0.489 e. The summed E-state index contributed by atoms with van der Waals surface area (Å²) in [5.74, 6) is 2.03. The third-order valence-electron chi connectivity index (χ3n) is 6.40. The molecule has 5 heteroatoms. The Bertz CT molecular complexity index is 865. The highest BCUT2D eigenvalue weighted by molar-refractivity contribution is 5.94. The number of para-hydroxylation sites is 1. The molecule has 152 valence electrons. The van der Waals surface area contributed by atoms with Gasteiger partial charge in [0, 0.05) is 38.7 Å². The highest BCUT2D eigenvalue weighted by Gasteiger charge is 2.42. The maximum Gasteiger partial charge on any atom is 0.253 e. The van der Waals surface area contributed by atoms with Gasteiger partial charge in [0.05, 0.1) is 0 Å². The van der Waals surface area contributed by atoms with Crippen molar-refractivity contribution < 1.29 is 14.3 Å². The minimum absolute atomic E-state index is 0.0452. The van der Waals surface area contributed by atoms with Crippen molar-refractivity contribution in [2.24, 2.45) is 11.8 Å². The van der Waals surface area contributed by atoms with Crippen LogP contribution in [0, 0.1) is 11.8 Å². The predicted molar refractivity (Wildman–Crippen MR) is 112 cm³/mol. The molecule has 0 N–H and O–H groups in total. The normalized spacial score (nSPS) is 23.6. The van der Waals surface area contributed by atoms with Gasteiger partial charge in [-0.1, -0.05) is 30.3 Å². The van der Waals surface area contributed by atoms with Gasteiger partial charge in [-0.05, 0) is 54.5 Å². The average molecular weight is 392 g/mol. The van der Waals surface area contributed by atoms with Crippen LogP contribution in [0.5, 0.6) is 5.75 Å². The lowest BCUT2D eigenvalue weighted by Gasteiger charge is -2.31. The van der Waals surface area contributed by atoms with Crippen molar-refractivity contribution in [3.8, 4) is 5.75 Å². The number of likely N-dealkylation sites (tertiary alicyclic amines) is 1. The molecule has 1 aliphatic carbocycles. The summed E-state index contributed by atoms with van der Waals surface area (Å²) in [7, 11) is 3.77. The van der Waals surface area contributed by atoms with E-state index in [1.54, 1.807) is 0 Å². The number of carbonyl (C=O) groups is 2. The minimum atomic E-state index is 0.0452. The van der Waals surface area contributed by atoms with Crippen LogP contribution in [0.2, 0.25) is 0 Å². The first-order valence-corrected chi connectivity index (χ1v) is 10.3. The number of piperidine rings is 1. The second kappa shape index (κ2) is 8.27. The van der Waals surface area contributed by atoms with Gasteiger partial charge in [0.25, 0.3) is 5.91 Å². The fourth-order valence-corrected chi connectivity index (χ4v) is 4.60. The molecule has 2 amide bonds. The highest BCUT2D eigenvalue weighted by atomic mass is 16.5. The lowest BCUT2D eigenvalue weighted by atomic mass is 9.88. The summed E-state index contributed by atoms with van der Waals surface area (Å²) in [4.78, 5) is 28.7. The topological polar surface area (TPSA) is 49.9 Å². The molecule has 0 aromatic heterocycles. The van der Waals surface area contributed by atoms with E-state index in [2.05, 4.69) is 0 Å². The zero-order chi connectivity index (χ0) is 20.4. The lowest BCUT2D eigenvalue weighted by molar-refractivity contribution is -0.134. The van der Waals surface area contributed by atoms with E-state index in [0.717, 1.165) is 30.7 Å². The van der Waals surface area contributed by atoms with Crippen LogP contribution in [0.15, 0.2) is 54.6 Å². The molecule has 0 bridgehead atoms. The summed E-state index contributed by atoms with van der Waals surface area (Å²) >= 11 is 0. The van der Waals surface area contributed by atoms with E-state index in [-0.39, 0.29) is 17.9 Å². The molecule has 4 rings (SSSR count). The number of hydrogen-bond donors (Lipinski definition) is 0. The van der Waals surface area contributed by atoms with Gasteiger partial charge in [0.1, 0.15) is 12.4 Å². The summed E-state index contributed by atoms with van der Waals surface area (Å²) in [6, 6.07) is 17.6. The second-order valence-corrected chi connectivity index (χ2v) is 8.34. The number of fused-ring (bicyclic) bond motifs is 1. The van der Waals surface area contributed by atoms with E-state index in [1.807, 2.05) is 78.5 Å². The first-order chi connectivity index (χ1) is 14.0. The van der Waals surface area contributed by atoms with Crippen molar-refractivity contribution in [3.05, 3.63) is 65.7 Å². The van der Waals surface area contributed by atoms with E-state index in [9.17, 15) is 9.59 Å². The quantitative estimate of drug-likeness (QED) is 0.781. The van der Waals surface area contributed by atoms with Gasteiger partial charge in [-0.3, -0.25) is 9.59 Å². The number of ether oxygens (including phenoxy) is 1. The third kappa shape index (κ3) is 4.29. The molecule has 0 radical (unpaired) electrons. The van der Waals surface area contributed by atoms with Gasteiger partial charge in [-0.2, -0.15) is 0 Å². The number of carbonyl (C=O) groups excluding carboxylic acids is 2. The molecule has 1 heterocycles. The van der Waals surface area contributed by atoms with Crippen LogP contribution in [0.4, 0.5) is 0 Å². The van der Waals surface area contributed by atoms with E-state index in [1.165, 1.54) is 0 Å². The second-order valence-electron chi connectivity index (χ2n) is 8.34. The first-order valence-electron chi connectivity index (χ1n) is 10.3. The van der Waals surface area contributed by atoms with Crippen LogP contribution < -0.4 is 4.74 Å². The number of benzene rings is 2. The zero-order valence-electron chi connectivity index (χ0n) is 17.1. The smallest absolute Gasteiger partial charge is 0.253 e. The van der Waals surface area contributed by atoms with Crippen LogP contribution >= 0.6 is 0 Å². The molecule has 0 unspecified atom stereocenters. The Labute approximate surface area is 172 Å². The molecule has 2 aromatic rings. The van der Waals surface area contributed by atoms with Crippen LogP contribution in [0.1, 0.15) is 35.2 Å². The Kier molecular flexibility index (Phi) is 5.56.